The van der Waals surface area contributed by atoms with Gasteiger partial charge in [-0.1, -0.05) is 42.5 Å². The number of anilines is 1. The molecule has 1 N–H and O–H groups in total. The van der Waals surface area contributed by atoms with Crippen molar-refractivity contribution in [2.75, 3.05) is 25.0 Å². The van der Waals surface area contributed by atoms with Crippen molar-refractivity contribution in [3.8, 4) is 11.4 Å². The lowest BCUT2D eigenvalue weighted by molar-refractivity contribution is -0.133. The Labute approximate surface area is 187 Å². The topological polar surface area (TPSA) is 59.4 Å². The number of carbonyl (C=O) groups excluding carboxylic acids is 1. The van der Waals surface area contributed by atoms with Crippen molar-refractivity contribution >= 4 is 22.6 Å². The van der Waals surface area contributed by atoms with E-state index < -0.39 is 6.10 Å². The van der Waals surface area contributed by atoms with Crippen molar-refractivity contribution in [2.45, 2.75) is 12.6 Å². The van der Waals surface area contributed by atoms with Crippen LogP contribution in [0.4, 0.5) is 5.69 Å². The summed E-state index contributed by atoms with van der Waals surface area (Å²) in [5.74, 6) is 0.787. The molecule has 0 aliphatic carbocycles. The van der Waals surface area contributed by atoms with E-state index in [9.17, 15) is 4.79 Å². The molecule has 4 aromatic rings. The smallest absolute Gasteiger partial charge is 0.254 e. The Kier molecular flexibility index (Phi) is 5.71. The highest BCUT2D eigenvalue weighted by atomic mass is 16.5. The fourth-order valence-electron chi connectivity index (χ4n) is 4.18. The van der Waals surface area contributed by atoms with Gasteiger partial charge in [-0.25, -0.2) is 4.98 Å². The normalized spacial score (nSPS) is 16.8. The zero-order valence-electron chi connectivity index (χ0n) is 18.1. The van der Waals surface area contributed by atoms with Crippen LogP contribution in [0.3, 0.4) is 0 Å². The van der Waals surface area contributed by atoms with Gasteiger partial charge in [0.05, 0.1) is 17.6 Å². The van der Waals surface area contributed by atoms with Crippen LogP contribution in [0, 0.1) is 0 Å². The Morgan fingerprint density at radius 3 is 2.56 bits per heavy atom. The summed E-state index contributed by atoms with van der Waals surface area (Å²) in [6.45, 7) is 2.78. The molecule has 6 nitrogen and oxygen atoms in total. The minimum Gasteiger partial charge on any atom is -0.366 e. The van der Waals surface area contributed by atoms with E-state index in [0.29, 0.717) is 13.2 Å². The van der Waals surface area contributed by atoms with Gasteiger partial charge in [0.25, 0.3) is 5.91 Å². The summed E-state index contributed by atoms with van der Waals surface area (Å²) in [5.41, 5.74) is 5.06. The van der Waals surface area contributed by atoms with Crippen LogP contribution in [0.15, 0.2) is 78.9 Å². The van der Waals surface area contributed by atoms with Crippen LogP contribution in [0.25, 0.3) is 22.4 Å². The third-order valence-electron chi connectivity index (χ3n) is 5.89. The number of benzene rings is 3. The van der Waals surface area contributed by atoms with Crippen molar-refractivity contribution in [3.63, 3.8) is 0 Å². The second kappa shape index (κ2) is 8.94. The molecule has 1 fully saturated rings. The van der Waals surface area contributed by atoms with Crippen molar-refractivity contribution in [2.24, 2.45) is 7.05 Å². The first-order chi connectivity index (χ1) is 15.7. The van der Waals surface area contributed by atoms with E-state index in [-0.39, 0.29) is 5.91 Å². The molecule has 1 unspecified atom stereocenters. The minimum atomic E-state index is -0.480. The number of nitrogens with zero attached hydrogens (tertiary/aromatic N) is 3. The Bertz CT molecular complexity index is 1220. The van der Waals surface area contributed by atoms with Crippen molar-refractivity contribution in [3.05, 3.63) is 84.4 Å². The number of fused-ring (bicyclic) bond motifs is 1. The van der Waals surface area contributed by atoms with E-state index in [1.54, 1.807) is 0 Å². The highest BCUT2D eigenvalue weighted by Crippen LogP contribution is 2.25. The largest absolute Gasteiger partial charge is 0.366 e. The van der Waals surface area contributed by atoms with Crippen molar-refractivity contribution in [1.82, 2.24) is 14.5 Å². The first-order valence-electron chi connectivity index (χ1n) is 10.9. The zero-order valence-corrected chi connectivity index (χ0v) is 18.1. The highest BCUT2D eigenvalue weighted by molar-refractivity contribution is 5.94. The molecule has 1 atom stereocenters. The van der Waals surface area contributed by atoms with E-state index in [1.165, 1.54) is 5.56 Å². The third kappa shape index (κ3) is 4.28. The standard InChI is InChI=1S/C26H26N4O2/c1-29-23-10-6-5-9-22(23)28-25(29)20-11-13-21(14-12-20)27-26(31)24-18-30(15-16-32-24)17-19-7-3-2-4-8-19/h2-14,24H,15-18H2,1H3,(H,27,31). The Morgan fingerprint density at radius 1 is 1.03 bits per heavy atom. The average molecular weight is 427 g/mol. The van der Waals surface area contributed by atoms with Crippen molar-refractivity contribution in [1.29, 1.82) is 0 Å². The van der Waals surface area contributed by atoms with Gasteiger partial charge in [0, 0.05) is 37.9 Å². The van der Waals surface area contributed by atoms with Crippen LogP contribution in [-0.4, -0.2) is 46.2 Å². The SMILES string of the molecule is Cn1c(-c2ccc(NC(=O)C3CN(Cc4ccccc4)CCO3)cc2)nc2ccccc21. The lowest BCUT2D eigenvalue weighted by Crippen LogP contribution is -2.47. The van der Waals surface area contributed by atoms with E-state index in [0.717, 1.165) is 41.2 Å². The number of hydrogen-bond acceptors (Lipinski definition) is 4. The number of ether oxygens (including phenoxy) is 1. The van der Waals surface area contributed by atoms with Gasteiger partial charge in [0.15, 0.2) is 0 Å². The molecule has 1 amide bonds. The zero-order chi connectivity index (χ0) is 21.9. The number of para-hydroxylation sites is 2. The van der Waals surface area contributed by atoms with Crippen LogP contribution in [-0.2, 0) is 23.1 Å². The third-order valence-corrected chi connectivity index (χ3v) is 5.89. The molecule has 32 heavy (non-hydrogen) atoms. The van der Waals surface area contributed by atoms with Gasteiger partial charge in [-0.3, -0.25) is 9.69 Å². The summed E-state index contributed by atoms with van der Waals surface area (Å²) in [5, 5.41) is 3.00. The molecule has 0 spiro atoms. The molecular weight excluding hydrogens is 400 g/mol. The average Bonchev–Trinajstić information content (AvgIpc) is 3.17. The summed E-state index contributed by atoms with van der Waals surface area (Å²) in [7, 11) is 2.02. The maximum atomic E-state index is 12.8. The summed E-state index contributed by atoms with van der Waals surface area (Å²) in [6.07, 6.45) is -0.480. The lowest BCUT2D eigenvalue weighted by Gasteiger charge is -2.32. The molecular formula is C26H26N4O2. The van der Waals surface area contributed by atoms with Gasteiger partial charge in [-0.15, -0.1) is 0 Å². The number of aryl methyl sites for hydroxylation is 1. The van der Waals surface area contributed by atoms with Gasteiger partial charge >= 0.3 is 0 Å². The quantitative estimate of drug-likeness (QED) is 0.522. The second-order valence-corrected chi connectivity index (χ2v) is 8.13. The first kappa shape index (κ1) is 20.4. The van der Waals surface area contributed by atoms with Crippen LogP contribution < -0.4 is 5.32 Å². The molecule has 1 aromatic heterocycles. The number of imidazole rings is 1. The van der Waals surface area contributed by atoms with Crippen LogP contribution in [0.2, 0.25) is 0 Å². The highest BCUT2D eigenvalue weighted by Gasteiger charge is 2.26. The number of nitrogens with one attached hydrogen (secondary N) is 1. The lowest BCUT2D eigenvalue weighted by atomic mass is 10.1. The molecule has 0 bridgehead atoms. The predicted molar refractivity (Wildman–Crippen MR) is 126 cm³/mol. The molecule has 2 heterocycles. The Balaban J connectivity index is 1.24. The summed E-state index contributed by atoms with van der Waals surface area (Å²) < 4.78 is 7.84. The Morgan fingerprint density at radius 2 is 1.78 bits per heavy atom. The maximum Gasteiger partial charge on any atom is 0.254 e. The molecule has 1 aliphatic rings. The second-order valence-electron chi connectivity index (χ2n) is 8.13. The fraction of sp³-hybridized carbons (Fsp3) is 0.231. The Hall–Kier alpha value is -3.48. The van der Waals surface area contributed by atoms with Gasteiger partial charge in [-0.2, -0.15) is 0 Å². The monoisotopic (exact) mass is 426 g/mol. The minimum absolute atomic E-state index is 0.113. The molecule has 5 rings (SSSR count). The van der Waals surface area contributed by atoms with Gasteiger partial charge < -0.3 is 14.6 Å². The summed E-state index contributed by atoms with van der Waals surface area (Å²) in [6, 6.07) is 26.2. The fourth-order valence-corrected chi connectivity index (χ4v) is 4.18. The van der Waals surface area contributed by atoms with Crippen LogP contribution >= 0.6 is 0 Å². The molecule has 162 valence electrons. The van der Waals surface area contributed by atoms with E-state index >= 15 is 0 Å². The van der Waals surface area contributed by atoms with Crippen molar-refractivity contribution < 1.29 is 9.53 Å². The molecule has 3 aromatic carbocycles. The predicted octanol–water partition coefficient (Wildman–Crippen LogP) is 4.08. The number of carbonyl (C=O) groups is 1. The number of rotatable bonds is 5. The number of amides is 1. The molecule has 0 saturated carbocycles. The van der Waals surface area contributed by atoms with Gasteiger partial charge in [0.2, 0.25) is 0 Å². The summed E-state index contributed by atoms with van der Waals surface area (Å²) in [4.78, 5) is 19.8. The number of morpholine rings is 1. The van der Waals surface area contributed by atoms with Gasteiger partial charge in [-0.05, 0) is 42.0 Å². The van der Waals surface area contributed by atoms with E-state index in [1.807, 2.05) is 67.7 Å². The van der Waals surface area contributed by atoms with Gasteiger partial charge in [0.1, 0.15) is 11.9 Å². The number of aromatic nitrogens is 2. The molecule has 1 saturated heterocycles. The number of hydrogen-bond donors (Lipinski definition) is 1. The molecule has 0 radical (unpaired) electrons. The van der Waals surface area contributed by atoms with Crippen LogP contribution in [0.1, 0.15) is 5.56 Å². The maximum absolute atomic E-state index is 12.8. The van der Waals surface area contributed by atoms with E-state index in [4.69, 9.17) is 9.72 Å². The van der Waals surface area contributed by atoms with Crippen LogP contribution in [0.5, 0.6) is 0 Å². The summed E-state index contributed by atoms with van der Waals surface area (Å²) >= 11 is 0. The molecule has 6 heteroatoms. The molecule has 1 aliphatic heterocycles. The van der Waals surface area contributed by atoms with E-state index in [2.05, 4.69) is 33.0 Å². The first-order valence-corrected chi connectivity index (χ1v) is 10.9.